The highest BCUT2D eigenvalue weighted by molar-refractivity contribution is 6.31. The van der Waals surface area contributed by atoms with Crippen LogP contribution in [0.3, 0.4) is 0 Å². The number of amides is 4. The van der Waals surface area contributed by atoms with Crippen LogP contribution in [0.25, 0.3) is 0 Å². The highest BCUT2D eigenvalue weighted by Crippen LogP contribution is 2.27. The van der Waals surface area contributed by atoms with Crippen LogP contribution >= 0.6 is 11.6 Å². The lowest BCUT2D eigenvalue weighted by Crippen LogP contribution is -2.70. The first-order chi connectivity index (χ1) is 17.1. The molecule has 36 heavy (non-hydrogen) atoms. The van der Waals surface area contributed by atoms with E-state index in [4.69, 9.17) is 22.2 Å². The molecule has 1 aliphatic rings. The third-order valence-electron chi connectivity index (χ3n) is 5.78. The van der Waals surface area contributed by atoms with Gasteiger partial charge in [0.25, 0.3) is 0 Å². The fourth-order valence-electron chi connectivity index (χ4n) is 3.95. The number of carbonyl (C=O) groups is 3. The maximum absolute atomic E-state index is 13.5. The molecule has 194 valence electrons. The Morgan fingerprint density at radius 2 is 1.83 bits per heavy atom. The van der Waals surface area contributed by atoms with Crippen molar-refractivity contribution >= 4 is 35.3 Å². The molecule has 0 radical (unpaired) electrons. The van der Waals surface area contributed by atoms with E-state index >= 15 is 0 Å². The summed E-state index contributed by atoms with van der Waals surface area (Å²) in [5.74, 6) is 6.17. The van der Waals surface area contributed by atoms with Crippen molar-refractivity contribution in [3.05, 3.63) is 64.2 Å². The minimum Gasteiger partial charge on any atom is -0.466 e. The highest BCUT2D eigenvalue weighted by Gasteiger charge is 2.43. The molecule has 0 aromatic heterocycles. The van der Waals surface area contributed by atoms with Crippen LogP contribution in [0.4, 0.5) is 15.3 Å². The second-order valence-corrected chi connectivity index (χ2v) is 9.62. The second-order valence-electron chi connectivity index (χ2n) is 9.21. The van der Waals surface area contributed by atoms with Crippen molar-refractivity contribution in [1.29, 1.82) is 0 Å². The van der Waals surface area contributed by atoms with E-state index in [1.165, 1.54) is 4.90 Å². The van der Waals surface area contributed by atoms with E-state index in [9.17, 15) is 14.4 Å². The number of imide groups is 1. The molecule has 9 nitrogen and oxygen atoms in total. The maximum atomic E-state index is 13.5. The van der Waals surface area contributed by atoms with Gasteiger partial charge in [0, 0.05) is 17.3 Å². The van der Waals surface area contributed by atoms with Gasteiger partial charge in [-0.05, 0) is 49.4 Å². The Morgan fingerprint density at radius 3 is 2.44 bits per heavy atom. The summed E-state index contributed by atoms with van der Waals surface area (Å²) in [7, 11) is 0. The van der Waals surface area contributed by atoms with Crippen molar-refractivity contribution < 1.29 is 19.1 Å². The molecule has 1 fully saturated rings. The molecule has 3 N–H and O–H groups in total. The summed E-state index contributed by atoms with van der Waals surface area (Å²) in [5, 5.41) is 4.73. The van der Waals surface area contributed by atoms with Gasteiger partial charge in [0.1, 0.15) is 0 Å². The molecule has 1 heterocycles. The van der Waals surface area contributed by atoms with Gasteiger partial charge in [-0.3, -0.25) is 9.69 Å². The number of nitrogens with one attached hydrogen (secondary N) is 1. The summed E-state index contributed by atoms with van der Waals surface area (Å²) in [6, 6.07) is 12.0. The molecule has 1 saturated heterocycles. The summed E-state index contributed by atoms with van der Waals surface area (Å²) in [6.45, 7) is 8.16. The van der Waals surface area contributed by atoms with Gasteiger partial charge < -0.3 is 10.1 Å². The van der Waals surface area contributed by atoms with Crippen molar-refractivity contribution in [1.82, 2.24) is 14.8 Å². The number of carbonyl (C=O) groups excluding carboxylic acids is 3. The second kappa shape index (κ2) is 12.1. The van der Waals surface area contributed by atoms with Crippen molar-refractivity contribution in [3.63, 3.8) is 0 Å². The monoisotopic (exact) mass is 515 g/mol. The van der Waals surface area contributed by atoms with Crippen molar-refractivity contribution in [3.8, 4) is 0 Å². The van der Waals surface area contributed by atoms with Crippen molar-refractivity contribution in [2.24, 2.45) is 11.8 Å². The zero-order valence-corrected chi connectivity index (χ0v) is 21.9. The van der Waals surface area contributed by atoms with Crippen LogP contribution in [-0.2, 0) is 22.5 Å². The topological polar surface area (TPSA) is 108 Å². The standard InChI is InChI=1S/C26H34ClN5O4/c1-5-36-23(33)12-13-30-25(34)31(16-19-8-6-18(4)7-9-19)24(32(28)26(30)35)29-21-11-10-20(14-17(2)3)22(27)15-21/h6-11,15,17,24,29H,5,12-14,16,28H2,1-4H3. The number of hydrogen-bond acceptors (Lipinski definition) is 6. The van der Waals surface area contributed by atoms with Crippen LogP contribution in [-0.4, -0.2) is 52.3 Å². The number of ether oxygens (including phenoxy) is 1. The Morgan fingerprint density at radius 1 is 1.14 bits per heavy atom. The first kappa shape index (κ1) is 27.3. The number of nitrogens with zero attached hydrogens (tertiary/aromatic N) is 3. The third-order valence-corrected chi connectivity index (χ3v) is 6.13. The number of halogens is 1. The minimum atomic E-state index is -0.975. The van der Waals surface area contributed by atoms with Crippen LogP contribution in [0.5, 0.6) is 0 Å². The summed E-state index contributed by atoms with van der Waals surface area (Å²) in [6.07, 6.45) is -0.266. The highest BCUT2D eigenvalue weighted by atomic mass is 35.5. The normalized spacial score (nSPS) is 16.1. The van der Waals surface area contributed by atoms with Crippen molar-refractivity contribution in [2.75, 3.05) is 18.5 Å². The van der Waals surface area contributed by atoms with E-state index in [2.05, 4.69) is 19.2 Å². The molecule has 1 unspecified atom stereocenters. The molecule has 1 atom stereocenters. The van der Waals surface area contributed by atoms with E-state index < -0.39 is 24.3 Å². The lowest BCUT2D eigenvalue weighted by molar-refractivity contribution is -0.143. The van der Waals surface area contributed by atoms with Crippen LogP contribution in [0.2, 0.25) is 5.02 Å². The number of benzene rings is 2. The van der Waals surface area contributed by atoms with E-state index in [0.717, 1.165) is 33.0 Å². The molecule has 2 aromatic rings. The van der Waals surface area contributed by atoms with Gasteiger partial charge in [-0.2, -0.15) is 0 Å². The summed E-state index contributed by atoms with van der Waals surface area (Å²) in [5.41, 5.74) is 3.57. The van der Waals surface area contributed by atoms with E-state index in [-0.39, 0.29) is 26.1 Å². The number of esters is 1. The van der Waals surface area contributed by atoms with Crippen LogP contribution < -0.4 is 11.2 Å². The molecule has 0 spiro atoms. The zero-order chi connectivity index (χ0) is 26.4. The van der Waals surface area contributed by atoms with Crippen LogP contribution in [0.15, 0.2) is 42.5 Å². The predicted molar refractivity (Wildman–Crippen MR) is 139 cm³/mol. The summed E-state index contributed by atoms with van der Waals surface area (Å²) >= 11 is 6.50. The van der Waals surface area contributed by atoms with Crippen LogP contribution in [0, 0.1) is 12.8 Å². The Labute approximate surface area is 217 Å². The van der Waals surface area contributed by atoms with E-state index in [1.807, 2.05) is 43.3 Å². The SMILES string of the molecule is CCOC(=O)CCN1C(=O)N(N)C(Nc2ccc(CC(C)C)c(Cl)c2)N(Cc2ccc(C)cc2)C1=O. The molecule has 0 bridgehead atoms. The van der Waals surface area contributed by atoms with Gasteiger partial charge in [-0.1, -0.05) is 61.3 Å². The Kier molecular flexibility index (Phi) is 9.17. The Bertz CT molecular complexity index is 1090. The number of anilines is 1. The molecule has 2 aromatic carbocycles. The molecular formula is C26H34ClN5O4. The van der Waals surface area contributed by atoms with Gasteiger partial charge in [-0.15, -0.1) is 0 Å². The van der Waals surface area contributed by atoms with E-state index in [0.29, 0.717) is 16.6 Å². The van der Waals surface area contributed by atoms with Crippen molar-refractivity contribution in [2.45, 2.75) is 53.4 Å². The third kappa shape index (κ3) is 6.67. The van der Waals surface area contributed by atoms with E-state index in [1.54, 1.807) is 13.0 Å². The van der Waals surface area contributed by atoms with Gasteiger partial charge >= 0.3 is 18.0 Å². The zero-order valence-electron chi connectivity index (χ0n) is 21.2. The molecule has 3 rings (SSSR count). The first-order valence-electron chi connectivity index (χ1n) is 12.0. The lowest BCUT2D eigenvalue weighted by atomic mass is 10.0. The Hall–Kier alpha value is -3.30. The lowest BCUT2D eigenvalue weighted by Gasteiger charge is -2.45. The molecule has 0 saturated carbocycles. The fourth-order valence-corrected chi connectivity index (χ4v) is 4.20. The number of aryl methyl sites for hydroxylation is 1. The molecule has 1 aliphatic heterocycles. The fraction of sp³-hybridized carbons (Fsp3) is 0.423. The smallest absolute Gasteiger partial charge is 0.345 e. The van der Waals surface area contributed by atoms with Gasteiger partial charge in [0.2, 0.25) is 6.29 Å². The molecule has 10 heteroatoms. The number of hydrogen-bond donors (Lipinski definition) is 2. The number of nitrogens with two attached hydrogens (primary N) is 1. The quantitative estimate of drug-likeness (QED) is 0.269. The van der Waals surface area contributed by atoms with Crippen LogP contribution in [0.1, 0.15) is 43.9 Å². The molecule has 0 aliphatic carbocycles. The Balaban J connectivity index is 1.88. The average Bonchev–Trinajstić information content (AvgIpc) is 2.82. The average molecular weight is 516 g/mol. The first-order valence-corrected chi connectivity index (χ1v) is 12.4. The van der Waals surface area contributed by atoms with Gasteiger partial charge in [0.15, 0.2) is 0 Å². The molecular weight excluding hydrogens is 482 g/mol. The molecule has 4 amide bonds. The largest absolute Gasteiger partial charge is 0.466 e. The van der Waals surface area contributed by atoms with Gasteiger partial charge in [0.05, 0.1) is 19.6 Å². The minimum absolute atomic E-state index is 0.122. The number of rotatable bonds is 10. The maximum Gasteiger partial charge on any atom is 0.345 e. The number of urea groups is 2. The predicted octanol–water partition coefficient (Wildman–Crippen LogP) is 4.73. The summed E-state index contributed by atoms with van der Waals surface area (Å²) in [4.78, 5) is 40.8. The summed E-state index contributed by atoms with van der Waals surface area (Å²) < 4.78 is 4.94. The number of hydrazine groups is 1. The van der Waals surface area contributed by atoms with Gasteiger partial charge in [-0.25, -0.2) is 25.3 Å².